The predicted octanol–water partition coefficient (Wildman–Crippen LogP) is 0.834. The highest BCUT2D eigenvalue weighted by atomic mass is 16.5. The van der Waals surface area contributed by atoms with E-state index >= 15 is 0 Å². The first-order chi connectivity index (χ1) is 14.0. The number of fused-ring (bicyclic) bond motifs is 3. The molecule has 30 heavy (non-hydrogen) atoms. The second-order valence-electron chi connectivity index (χ2n) is 7.63. The maximum absolute atomic E-state index is 13.3. The number of carbonyl (C=O) groups is 3. The molecule has 2 atom stereocenters. The van der Waals surface area contributed by atoms with Crippen molar-refractivity contribution >= 4 is 28.1 Å². The lowest BCUT2D eigenvalue weighted by molar-refractivity contribution is -0.151. The van der Waals surface area contributed by atoms with E-state index in [9.17, 15) is 39.9 Å². The zero-order valence-corrected chi connectivity index (χ0v) is 16.0. The van der Waals surface area contributed by atoms with Gasteiger partial charge in [-0.25, -0.2) is 0 Å². The molecule has 9 heteroatoms. The van der Waals surface area contributed by atoms with Crippen LogP contribution in [0.2, 0.25) is 0 Å². The van der Waals surface area contributed by atoms with E-state index in [1.165, 1.54) is 25.3 Å². The summed E-state index contributed by atoms with van der Waals surface area (Å²) in [6.07, 6.45) is -1.26. The van der Waals surface area contributed by atoms with Crippen molar-refractivity contribution in [3.8, 4) is 17.2 Å². The Hall–Kier alpha value is -3.43. The number of methoxy groups -OCH3 is 1. The van der Waals surface area contributed by atoms with Gasteiger partial charge >= 0.3 is 0 Å². The molecule has 4 rings (SSSR count). The Kier molecular flexibility index (Phi) is 4.00. The fourth-order valence-corrected chi connectivity index (χ4v) is 4.42. The molecule has 0 saturated carbocycles. The summed E-state index contributed by atoms with van der Waals surface area (Å²) >= 11 is 0. The number of aliphatic hydroxyl groups is 3. The van der Waals surface area contributed by atoms with Gasteiger partial charge in [0, 0.05) is 18.9 Å². The fraction of sp³-hybridized carbons (Fsp3) is 0.286. The summed E-state index contributed by atoms with van der Waals surface area (Å²) in [6, 6.07) is 4.12. The molecular formula is C21H18O9. The summed E-state index contributed by atoms with van der Waals surface area (Å²) in [5.74, 6) is -5.11. The summed E-state index contributed by atoms with van der Waals surface area (Å²) in [4.78, 5) is 37.4. The molecule has 0 spiro atoms. The fourth-order valence-electron chi connectivity index (χ4n) is 4.42. The van der Waals surface area contributed by atoms with Gasteiger partial charge in [-0.1, -0.05) is 0 Å². The number of rotatable bonds is 2. The first kappa shape index (κ1) is 19.9. The van der Waals surface area contributed by atoms with Crippen molar-refractivity contribution in [3.63, 3.8) is 0 Å². The van der Waals surface area contributed by atoms with Crippen molar-refractivity contribution in [2.24, 2.45) is 0 Å². The quantitative estimate of drug-likeness (QED) is 0.448. The number of phenols is 2. The molecule has 0 radical (unpaired) electrons. The van der Waals surface area contributed by atoms with Crippen LogP contribution in [0.4, 0.5) is 0 Å². The number of ketones is 3. The van der Waals surface area contributed by atoms with Gasteiger partial charge in [0.05, 0.1) is 18.1 Å². The van der Waals surface area contributed by atoms with Crippen molar-refractivity contribution in [1.29, 1.82) is 0 Å². The van der Waals surface area contributed by atoms with Gasteiger partial charge in [0.25, 0.3) is 0 Å². The third-order valence-electron chi connectivity index (χ3n) is 5.86. The van der Waals surface area contributed by atoms with Crippen LogP contribution >= 0.6 is 0 Å². The van der Waals surface area contributed by atoms with Gasteiger partial charge in [0.15, 0.2) is 11.6 Å². The number of hydrogen-bond acceptors (Lipinski definition) is 9. The normalized spacial score (nSPS) is 25.9. The molecule has 0 aromatic heterocycles. The number of benzene rings is 2. The molecule has 156 valence electrons. The molecular weight excluding hydrogens is 396 g/mol. The number of carbonyl (C=O) groups excluding carboxylic acids is 3. The van der Waals surface area contributed by atoms with E-state index in [1.807, 2.05) is 0 Å². The molecule has 5 N–H and O–H groups in total. The van der Waals surface area contributed by atoms with Gasteiger partial charge in [-0.2, -0.15) is 0 Å². The molecule has 0 saturated heterocycles. The Morgan fingerprint density at radius 1 is 1.07 bits per heavy atom. The summed E-state index contributed by atoms with van der Waals surface area (Å²) in [5.41, 5.74) is -6.55. The Bertz CT molecular complexity index is 1210. The van der Waals surface area contributed by atoms with E-state index in [2.05, 4.69) is 0 Å². The van der Waals surface area contributed by atoms with E-state index in [0.717, 1.165) is 6.92 Å². The van der Waals surface area contributed by atoms with Crippen LogP contribution in [0.25, 0.3) is 10.8 Å². The molecule has 2 aromatic carbocycles. The number of Topliss-reactive ketones (excluding diaryl/α,β-unsaturated/α-hetero) is 3. The van der Waals surface area contributed by atoms with Crippen LogP contribution in [-0.4, -0.2) is 61.2 Å². The van der Waals surface area contributed by atoms with Gasteiger partial charge in [-0.15, -0.1) is 0 Å². The van der Waals surface area contributed by atoms with Gasteiger partial charge in [0.1, 0.15) is 34.2 Å². The Labute approximate surface area is 169 Å². The number of hydrogen-bond donors (Lipinski definition) is 5. The number of aliphatic hydroxyl groups excluding tert-OH is 1. The predicted molar refractivity (Wildman–Crippen MR) is 102 cm³/mol. The average Bonchev–Trinajstić information content (AvgIpc) is 2.63. The first-order valence-corrected chi connectivity index (χ1v) is 8.99. The summed E-state index contributed by atoms with van der Waals surface area (Å²) in [7, 11) is 1.38. The van der Waals surface area contributed by atoms with Crippen LogP contribution in [0.5, 0.6) is 17.2 Å². The molecule has 0 heterocycles. The van der Waals surface area contributed by atoms with E-state index in [-0.39, 0.29) is 22.1 Å². The molecule has 2 aliphatic carbocycles. The number of aromatic hydroxyl groups is 2. The number of allylic oxidation sites excluding steroid dienone is 1. The van der Waals surface area contributed by atoms with Crippen LogP contribution in [0.1, 0.15) is 29.3 Å². The molecule has 0 bridgehead atoms. The van der Waals surface area contributed by atoms with Gasteiger partial charge in [0.2, 0.25) is 11.4 Å². The van der Waals surface area contributed by atoms with Gasteiger partial charge in [-0.3, -0.25) is 14.4 Å². The summed E-state index contributed by atoms with van der Waals surface area (Å²) in [6.45, 7) is 0.981. The third kappa shape index (κ3) is 2.27. The lowest BCUT2D eigenvalue weighted by atomic mass is 9.61. The Morgan fingerprint density at radius 3 is 2.33 bits per heavy atom. The van der Waals surface area contributed by atoms with Crippen LogP contribution in [0, 0.1) is 0 Å². The van der Waals surface area contributed by atoms with E-state index in [4.69, 9.17) is 4.74 Å². The van der Waals surface area contributed by atoms with Crippen LogP contribution < -0.4 is 4.74 Å². The monoisotopic (exact) mass is 414 g/mol. The zero-order valence-electron chi connectivity index (χ0n) is 16.0. The van der Waals surface area contributed by atoms with Crippen molar-refractivity contribution in [2.45, 2.75) is 31.0 Å². The minimum Gasteiger partial charge on any atom is -0.508 e. The van der Waals surface area contributed by atoms with E-state index < -0.39 is 69.8 Å². The highest BCUT2D eigenvalue weighted by Crippen LogP contribution is 2.51. The van der Waals surface area contributed by atoms with E-state index in [0.29, 0.717) is 0 Å². The lowest BCUT2D eigenvalue weighted by Crippen LogP contribution is -2.67. The number of phenolic OH excluding ortho intramolecular Hbond substituents is 2. The van der Waals surface area contributed by atoms with Gasteiger partial charge in [-0.05, 0) is 30.0 Å². The first-order valence-electron chi connectivity index (χ1n) is 8.99. The Balaban J connectivity index is 2.06. The lowest BCUT2D eigenvalue weighted by Gasteiger charge is -2.47. The minimum absolute atomic E-state index is 0.0942. The second-order valence-corrected chi connectivity index (χ2v) is 7.63. The SMILES string of the molecule is COc1cc(O)c2c(O)c3c(cc2c1)C[C@@]1(O)CC(=O)C(C(C)=O)=C(O)[C@@]1(O)C3=O. The van der Waals surface area contributed by atoms with Gasteiger partial charge < -0.3 is 30.3 Å². The standard InChI is InChI=1S/C21H18O9/c1-8(22)14-13(24)7-20(28)6-10-3-9-4-11(30-2)5-12(23)15(9)17(25)16(10)19(27)21(20,29)18(14)26/h3-5,23,25-26,28-29H,6-7H2,1-2H3/t20-,21-/m1/s1. The molecule has 2 aliphatic rings. The average molecular weight is 414 g/mol. The Morgan fingerprint density at radius 2 is 1.73 bits per heavy atom. The smallest absolute Gasteiger partial charge is 0.215 e. The molecule has 0 amide bonds. The molecule has 9 nitrogen and oxygen atoms in total. The summed E-state index contributed by atoms with van der Waals surface area (Å²) in [5, 5.41) is 53.9. The zero-order chi connectivity index (χ0) is 22.2. The maximum Gasteiger partial charge on any atom is 0.215 e. The van der Waals surface area contributed by atoms with Crippen molar-refractivity contribution in [3.05, 3.63) is 40.7 Å². The van der Waals surface area contributed by atoms with Crippen LogP contribution in [0.15, 0.2) is 29.5 Å². The van der Waals surface area contributed by atoms with Crippen molar-refractivity contribution in [1.82, 2.24) is 0 Å². The van der Waals surface area contributed by atoms with Crippen molar-refractivity contribution in [2.75, 3.05) is 7.11 Å². The number of ether oxygens (including phenoxy) is 1. The highest BCUT2D eigenvalue weighted by molar-refractivity contribution is 6.24. The molecule has 0 fully saturated rings. The van der Waals surface area contributed by atoms with Crippen LogP contribution in [-0.2, 0) is 16.0 Å². The molecule has 2 aromatic rings. The van der Waals surface area contributed by atoms with E-state index in [1.54, 1.807) is 0 Å². The molecule has 0 aliphatic heterocycles. The van der Waals surface area contributed by atoms with Crippen LogP contribution in [0.3, 0.4) is 0 Å². The molecule has 0 unspecified atom stereocenters. The third-order valence-corrected chi connectivity index (χ3v) is 5.86. The summed E-state index contributed by atoms with van der Waals surface area (Å²) < 4.78 is 5.08. The second kappa shape index (κ2) is 6.04. The maximum atomic E-state index is 13.3. The highest BCUT2D eigenvalue weighted by Gasteiger charge is 2.66. The largest absolute Gasteiger partial charge is 0.508 e. The van der Waals surface area contributed by atoms with Crippen molar-refractivity contribution < 1.29 is 44.7 Å². The topological polar surface area (TPSA) is 162 Å². The minimum atomic E-state index is -3.01.